The fourth-order valence-corrected chi connectivity index (χ4v) is 5.39. The van der Waals surface area contributed by atoms with E-state index in [0.717, 1.165) is 46.4 Å². The molecule has 2 aromatic carbocycles. The summed E-state index contributed by atoms with van der Waals surface area (Å²) < 4.78 is 5.83. The maximum Gasteiger partial charge on any atom is 0.274 e. The van der Waals surface area contributed by atoms with Crippen LogP contribution >= 0.6 is 0 Å². The van der Waals surface area contributed by atoms with E-state index in [4.69, 9.17) is 4.74 Å². The summed E-state index contributed by atoms with van der Waals surface area (Å²) in [6.45, 7) is 2.10. The number of rotatable bonds is 5. The number of likely N-dealkylation sites (tertiary alicyclic amines) is 1. The number of piperidine rings is 1. The highest BCUT2D eigenvalue weighted by Crippen LogP contribution is 2.66. The molecule has 3 aromatic rings. The number of allylic oxidation sites excluding steroid dienone is 2. The monoisotopic (exact) mass is 427 g/mol. The molecule has 32 heavy (non-hydrogen) atoms. The van der Waals surface area contributed by atoms with Crippen LogP contribution in [-0.2, 0) is 5.41 Å². The Morgan fingerprint density at radius 3 is 2.91 bits per heavy atom. The number of H-pyrrole nitrogens is 1. The summed E-state index contributed by atoms with van der Waals surface area (Å²) in [5.74, 6) is 1.08. The first kappa shape index (κ1) is 19.3. The zero-order valence-corrected chi connectivity index (χ0v) is 18.2. The van der Waals surface area contributed by atoms with Gasteiger partial charge >= 0.3 is 0 Å². The molecule has 0 bridgehead atoms. The molecular formula is C26H25N3O3. The predicted octanol–water partition coefficient (Wildman–Crippen LogP) is 3.60. The summed E-state index contributed by atoms with van der Waals surface area (Å²) >= 11 is 0. The summed E-state index contributed by atoms with van der Waals surface area (Å²) in [4.78, 5) is 33.4. The molecule has 1 aliphatic heterocycles. The standard InChI is InChI=1S/C26H25N3O3/c1-28(2)9-10-32-18-7-8-21-16(11-18)12-22(27-21)25(31)29-15-17-14-26(17)20-6-4-3-5-19(20)23(30)13-24(26)29/h3-8,11-13,17,27H,9-10,14-15H2,1-2H3/t17-,26-/m1/s1. The number of aromatic nitrogens is 1. The molecule has 1 saturated carbocycles. The Balaban J connectivity index is 1.28. The van der Waals surface area contributed by atoms with Gasteiger partial charge in [0.2, 0.25) is 0 Å². The third-order valence-corrected chi connectivity index (χ3v) is 7.07. The van der Waals surface area contributed by atoms with E-state index in [1.54, 1.807) is 11.0 Å². The number of hydrogen-bond acceptors (Lipinski definition) is 4. The largest absolute Gasteiger partial charge is 0.492 e. The van der Waals surface area contributed by atoms with Crippen LogP contribution in [0.2, 0.25) is 0 Å². The van der Waals surface area contributed by atoms with Crippen molar-refractivity contribution in [3.8, 4) is 5.75 Å². The molecule has 6 nitrogen and oxygen atoms in total. The van der Waals surface area contributed by atoms with Gasteiger partial charge in [-0.3, -0.25) is 9.59 Å². The number of hydrogen-bond donors (Lipinski definition) is 1. The lowest BCUT2D eigenvalue weighted by atomic mass is 9.81. The average molecular weight is 428 g/mol. The van der Waals surface area contributed by atoms with Gasteiger partial charge in [0, 0.05) is 46.7 Å². The van der Waals surface area contributed by atoms with Crippen LogP contribution in [-0.4, -0.2) is 60.3 Å². The number of nitrogens with zero attached hydrogens (tertiary/aromatic N) is 2. The number of carbonyl (C=O) groups is 2. The van der Waals surface area contributed by atoms with Gasteiger partial charge in [0.1, 0.15) is 18.1 Å². The topological polar surface area (TPSA) is 65.6 Å². The minimum absolute atomic E-state index is 0.0114. The second-order valence-corrected chi connectivity index (χ2v) is 9.31. The van der Waals surface area contributed by atoms with Crippen LogP contribution in [0.1, 0.15) is 32.8 Å². The Kier molecular flexibility index (Phi) is 4.11. The van der Waals surface area contributed by atoms with Gasteiger partial charge in [-0.25, -0.2) is 0 Å². The minimum atomic E-state index is -0.167. The zero-order chi connectivity index (χ0) is 22.0. The highest BCUT2D eigenvalue weighted by Gasteiger charge is 2.67. The van der Waals surface area contributed by atoms with Gasteiger partial charge in [-0.15, -0.1) is 0 Å². The highest BCUT2D eigenvalue weighted by atomic mass is 16.5. The number of carbonyl (C=O) groups excluding carboxylic acids is 2. The Hall–Kier alpha value is -3.38. The number of ether oxygens (including phenoxy) is 1. The molecule has 1 saturated heterocycles. The number of fused-ring (bicyclic) bond motifs is 2. The molecule has 2 fully saturated rings. The quantitative estimate of drug-likeness (QED) is 0.676. The van der Waals surface area contributed by atoms with E-state index in [9.17, 15) is 9.59 Å². The number of amides is 1. The lowest BCUT2D eigenvalue weighted by Gasteiger charge is -2.29. The van der Waals surface area contributed by atoms with E-state index in [2.05, 4.69) is 16.0 Å². The Labute approximate surface area is 186 Å². The van der Waals surface area contributed by atoms with E-state index >= 15 is 0 Å². The lowest BCUT2D eigenvalue weighted by Crippen LogP contribution is -2.33. The van der Waals surface area contributed by atoms with Gasteiger partial charge in [-0.05, 0) is 56.3 Å². The average Bonchev–Trinajstić information content (AvgIpc) is 3.17. The van der Waals surface area contributed by atoms with E-state index in [0.29, 0.717) is 24.8 Å². The fourth-order valence-electron chi connectivity index (χ4n) is 5.39. The Morgan fingerprint density at radius 2 is 2.06 bits per heavy atom. The van der Waals surface area contributed by atoms with Crippen LogP contribution in [0.5, 0.6) is 5.75 Å². The third-order valence-electron chi connectivity index (χ3n) is 7.07. The summed E-state index contributed by atoms with van der Waals surface area (Å²) in [6, 6.07) is 15.5. The molecule has 2 atom stereocenters. The van der Waals surface area contributed by atoms with Crippen LogP contribution < -0.4 is 4.74 Å². The maximum atomic E-state index is 13.5. The van der Waals surface area contributed by atoms with Crippen molar-refractivity contribution in [2.24, 2.45) is 5.92 Å². The van der Waals surface area contributed by atoms with Crippen LogP contribution in [0.4, 0.5) is 0 Å². The Morgan fingerprint density at radius 1 is 1.22 bits per heavy atom. The molecule has 2 heterocycles. The predicted molar refractivity (Wildman–Crippen MR) is 122 cm³/mol. The van der Waals surface area contributed by atoms with Gasteiger partial charge in [-0.1, -0.05) is 24.3 Å². The first-order chi connectivity index (χ1) is 15.5. The van der Waals surface area contributed by atoms with Crippen LogP contribution in [0.3, 0.4) is 0 Å². The number of aromatic amines is 1. The number of likely N-dealkylation sites (N-methyl/N-ethyl adjacent to an activating group) is 1. The van der Waals surface area contributed by atoms with Gasteiger partial charge in [0.05, 0.1) is 0 Å². The second-order valence-electron chi connectivity index (χ2n) is 9.31. The summed E-state index contributed by atoms with van der Waals surface area (Å²) in [6.07, 6.45) is 2.69. The van der Waals surface area contributed by atoms with Crippen molar-refractivity contribution in [2.75, 3.05) is 33.8 Å². The van der Waals surface area contributed by atoms with E-state index in [1.807, 2.05) is 56.6 Å². The molecular weight excluding hydrogens is 402 g/mol. The van der Waals surface area contributed by atoms with Crippen molar-refractivity contribution in [2.45, 2.75) is 11.8 Å². The third kappa shape index (κ3) is 2.76. The zero-order valence-electron chi connectivity index (χ0n) is 18.2. The Bertz CT molecular complexity index is 1300. The molecule has 1 N–H and O–H groups in total. The highest BCUT2D eigenvalue weighted by molar-refractivity contribution is 6.10. The normalized spacial score (nSPS) is 23.1. The van der Waals surface area contributed by atoms with Crippen LogP contribution in [0, 0.1) is 5.92 Å². The fraction of sp³-hybridized carbons (Fsp3) is 0.308. The minimum Gasteiger partial charge on any atom is -0.492 e. The maximum absolute atomic E-state index is 13.5. The number of nitrogens with one attached hydrogen (secondary N) is 1. The molecule has 6 rings (SSSR count). The van der Waals surface area contributed by atoms with Gasteiger partial charge < -0.3 is 19.5 Å². The molecule has 1 spiro atoms. The first-order valence-corrected chi connectivity index (χ1v) is 11.1. The molecule has 1 amide bonds. The van der Waals surface area contributed by atoms with Crippen molar-refractivity contribution in [3.05, 3.63) is 77.1 Å². The van der Waals surface area contributed by atoms with Crippen molar-refractivity contribution in [1.29, 1.82) is 0 Å². The number of ketones is 1. The van der Waals surface area contributed by atoms with Gasteiger partial charge in [0.25, 0.3) is 5.91 Å². The van der Waals surface area contributed by atoms with E-state index in [1.165, 1.54) is 0 Å². The SMILES string of the molecule is CN(C)CCOc1ccc2[nH]c(C(=O)N3C[C@H]4C[C@@]45C3=CC(=O)c3ccccc35)cc2c1. The van der Waals surface area contributed by atoms with Crippen molar-refractivity contribution >= 4 is 22.6 Å². The van der Waals surface area contributed by atoms with Crippen molar-refractivity contribution in [3.63, 3.8) is 0 Å². The lowest BCUT2D eigenvalue weighted by molar-refractivity contribution is 0.0806. The van der Waals surface area contributed by atoms with E-state index < -0.39 is 0 Å². The summed E-state index contributed by atoms with van der Waals surface area (Å²) in [5, 5.41) is 0.939. The molecule has 3 aliphatic rings. The molecule has 1 aromatic heterocycles. The van der Waals surface area contributed by atoms with Crippen LogP contribution in [0.15, 0.2) is 60.3 Å². The molecule has 2 aliphatic carbocycles. The van der Waals surface area contributed by atoms with Crippen LogP contribution in [0.25, 0.3) is 10.9 Å². The van der Waals surface area contributed by atoms with Crippen molar-refractivity contribution < 1.29 is 14.3 Å². The van der Waals surface area contributed by atoms with E-state index in [-0.39, 0.29) is 17.1 Å². The summed E-state index contributed by atoms with van der Waals surface area (Å²) in [7, 11) is 4.02. The first-order valence-electron chi connectivity index (χ1n) is 11.1. The summed E-state index contributed by atoms with van der Waals surface area (Å²) in [5.41, 5.74) is 3.99. The smallest absolute Gasteiger partial charge is 0.274 e. The molecule has 0 radical (unpaired) electrons. The van der Waals surface area contributed by atoms with Gasteiger partial charge in [0.15, 0.2) is 5.78 Å². The van der Waals surface area contributed by atoms with Crippen molar-refractivity contribution in [1.82, 2.24) is 14.8 Å². The molecule has 6 heteroatoms. The van der Waals surface area contributed by atoms with Gasteiger partial charge in [-0.2, -0.15) is 0 Å². The number of benzene rings is 2. The molecule has 162 valence electrons. The molecule has 0 unspecified atom stereocenters. The second kappa shape index (κ2) is 6.81.